The Balaban J connectivity index is 1.65. The fourth-order valence-corrected chi connectivity index (χ4v) is 2.33. The molecule has 0 atom stereocenters. The van der Waals surface area contributed by atoms with E-state index in [1.54, 1.807) is 12.3 Å². The van der Waals surface area contributed by atoms with Crippen molar-refractivity contribution in [2.75, 3.05) is 25.1 Å². The highest BCUT2D eigenvalue weighted by atomic mass is 16.5. The summed E-state index contributed by atoms with van der Waals surface area (Å²) in [5.74, 6) is 1.23. The summed E-state index contributed by atoms with van der Waals surface area (Å²) in [5, 5.41) is 3.17. The molecule has 1 heterocycles. The van der Waals surface area contributed by atoms with Crippen LogP contribution in [0.15, 0.2) is 12.3 Å². The summed E-state index contributed by atoms with van der Waals surface area (Å²) in [6, 6.07) is 1.78. The Morgan fingerprint density at radius 3 is 2.90 bits per heavy atom. The molecule has 1 N–H and O–H groups in total. The molecule has 20 heavy (non-hydrogen) atoms. The lowest BCUT2D eigenvalue weighted by molar-refractivity contribution is 0.0347. The number of hydrogen-bond acceptors (Lipinski definition) is 5. The molecule has 1 aromatic heterocycles. The summed E-state index contributed by atoms with van der Waals surface area (Å²) in [6.45, 7) is 4.19. The highest BCUT2D eigenvalue weighted by Gasteiger charge is 2.13. The van der Waals surface area contributed by atoms with E-state index in [2.05, 4.69) is 22.2 Å². The first kappa shape index (κ1) is 15.0. The molecule has 1 saturated carbocycles. The lowest BCUT2D eigenvalue weighted by Crippen LogP contribution is -2.21. The molecular weight excluding hydrogens is 254 g/mol. The first-order valence-corrected chi connectivity index (χ1v) is 7.70. The minimum Gasteiger partial charge on any atom is -0.478 e. The molecule has 0 spiro atoms. The van der Waals surface area contributed by atoms with Crippen molar-refractivity contribution in [1.82, 2.24) is 9.97 Å². The molecule has 0 unspecified atom stereocenters. The molecule has 5 nitrogen and oxygen atoms in total. The summed E-state index contributed by atoms with van der Waals surface area (Å²) in [6.07, 6.45) is 9.51. The largest absolute Gasteiger partial charge is 0.478 e. The Kier molecular flexibility index (Phi) is 6.57. The smallest absolute Gasteiger partial charge is 0.226 e. The molecule has 1 aliphatic carbocycles. The fourth-order valence-electron chi connectivity index (χ4n) is 2.33. The quantitative estimate of drug-likeness (QED) is 0.741. The Hall–Kier alpha value is -1.36. The van der Waals surface area contributed by atoms with E-state index in [1.807, 2.05) is 0 Å². The average molecular weight is 279 g/mol. The van der Waals surface area contributed by atoms with E-state index in [-0.39, 0.29) is 0 Å². The van der Waals surface area contributed by atoms with Gasteiger partial charge >= 0.3 is 0 Å². The highest BCUT2D eigenvalue weighted by molar-refractivity contribution is 5.27. The van der Waals surface area contributed by atoms with Crippen molar-refractivity contribution in [3.8, 4) is 5.88 Å². The number of rotatable bonds is 8. The Morgan fingerprint density at radius 2 is 2.10 bits per heavy atom. The molecule has 0 amide bonds. The van der Waals surface area contributed by atoms with Gasteiger partial charge in [0.05, 0.1) is 19.3 Å². The molecule has 0 radical (unpaired) electrons. The zero-order chi connectivity index (χ0) is 14.0. The van der Waals surface area contributed by atoms with Crippen LogP contribution in [0.25, 0.3) is 0 Å². The van der Waals surface area contributed by atoms with Crippen LogP contribution in [0.2, 0.25) is 0 Å². The summed E-state index contributed by atoms with van der Waals surface area (Å²) in [5.41, 5.74) is 0. The van der Waals surface area contributed by atoms with Crippen molar-refractivity contribution < 1.29 is 9.47 Å². The van der Waals surface area contributed by atoms with Crippen molar-refractivity contribution >= 4 is 5.95 Å². The molecule has 2 rings (SSSR count). The summed E-state index contributed by atoms with van der Waals surface area (Å²) >= 11 is 0. The Morgan fingerprint density at radius 1 is 1.25 bits per heavy atom. The normalized spacial score (nSPS) is 16.1. The molecule has 0 aliphatic heterocycles. The minimum atomic E-state index is 0.450. The van der Waals surface area contributed by atoms with Crippen LogP contribution in [0.3, 0.4) is 0 Å². The number of aromatic nitrogens is 2. The van der Waals surface area contributed by atoms with E-state index in [1.165, 1.54) is 32.1 Å². The molecule has 5 heteroatoms. The SMILES string of the molecule is CCCOc1ccnc(NCCOC2CCCCC2)n1. The van der Waals surface area contributed by atoms with Gasteiger partial charge in [-0.25, -0.2) is 4.98 Å². The van der Waals surface area contributed by atoms with Gasteiger partial charge in [0.2, 0.25) is 11.8 Å². The van der Waals surface area contributed by atoms with Gasteiger partial charge < -0.3 is 14.8 Å². The van der Waals surface area contributed by atoms with Crippen LogP contribution in [0.5, 0.6) is 5.88 Å². The zero-order valence-corrected chi connectivity index (χ0v) is 12.3. The van der Waals surface area contributed by atoms with Crippen molar-refractivity contribution in [3.63, 3.8) is 0 Å². The van der Waals surface area contributed by atoms with E-state index >= 15 is 0 Å². The maximum Gasteiger partial charge on any atom is 0.226 e. The van der Waals surface area contributed by atoms with Crippen LogP contribution in [0.4, 0.5) is 5.95 Å². The maximum atomic E-state index is 5.85. The lowest BCUT2D eigenvalue weighted by Gasteiger charge is -2.21. The maximum absolute atomic E-state index is 5.85. The Labute approximate surface area is 121 Å². The fraction of sp³-hybridized carbons (Fsp3) is 0.733. The highest BCUT2D eigenvalue weighted by Crippen LogP contribution is 2.20. The number of anilines is 1. The second-order valence-electron chi connectivity index (χ2n) is 5.12. The van der Waals surface area contributed by atoms with Crippen LogP contribution in [0, 0.1) is 0 Å². The van der Waals surface area contributed by atoms with E-state index in [4.69, 9.17) is 9.47 Å². The third kappa shape index (κ3) is 5.33. The topological polar surface area (TPSA) is 56.3 Å². The Bertz CT molecular complexity index is 381. The summed E-state index contributed by atoms with van der Waals surface area (Å²) in [7, 11) is 0. The van der Waals surface area contributed by atoms with Gasteiger partial charge in [-0.05, 0) is 19.3 Å². The molecule has 1 aromatic rings. The molecule has 1 fully saturated rings. The van der Waals surface area contributed by atoms with Crippen molar-refractivity contribution in [2.45, 2.75) is 51.6 Å². The third-order valence-corrected chi connectivity index (χ3v) is 3.38. The van der Waals surface area contributed by atoms with Gasteiger partial charge in [-0.3, -0.25) is 0 Å². The van der Waals surface area contributed by atoms with E-state index in [0.29, 0.717) is 31.1 Å². The number of hydrogen-bond donors (Lipinski definition) is 1. The predicted molar refractivity (Wildman–Crippen MR) is 79.1 cm³/mol. The van der Waals surface area contributed by atoms with Crippen LogP contribution < -0.4 is 10.1 Å². The van der Waals surface area contributed by atoms with E-state index in [0.717, 1.165) is 13.0 Å². The molecule has 0 aromatic carbocycles. The first-order valence-electron chi connectivity index (χ1n) is 7.70. The van der Waals surface area contributed by atoms with Crippen LogP contribution in [-0.4, -0.2) is 35.8 Å². The minimum absolute atomic E-state index is 0.450. The zero-order valence-electron chi connectivity index (χ0n) is 12.3. The second-order valence-corrected chi connectivity index (χ2v) is 5.12. The monoisotopic (exact) mass is 279 g/mol. The molecule has 0 bridgehead atoms. The molecule has 112 valence electrons. The van der Waals surface area contributed by atoms with Gasteiger partial charge in [0.1, 0.15) is 0 Å². The standard InChI is InChI=1S/C15H25N3O2/c1-2-11-20-14-8-9-16-15(18-14)17-10-12-19-13-6-4-3-5-7-13/h8-9,13H,2-7,10-12H2,1H3,(H,16,17,18). The molecular formula is C15H25N3O2. The van der Waals surface area contributed by atoms with Crippen LogP contribution in [-0.2, 0) is 4.74 Å². The lowest BCUT2D eigenvalue weighted by atomic mass is 9.98. The first-order chi connectivity index (χ1) is 9.88. The summed E-state index contributed by atoms with van der Waals surface area (Å²) in [4.78, 5) is 8.47. The van der Waals surface area contributed by atoms with Gasteiger partial charge in [-0.1, -0.05) is 26.2 Å². The summed E-state index contributed by atoms with van der Waals surface area (Å²) < 4.78 is 11.3. The van der Waals surface area contributed by atoms with Crippen LogP contribution >= 0.6 is 0 Å². The van der Waals surface area contributed by atoms with Gasteiger partial charge in [-0.15, -0.1) is 0 Å². The third-order valence-electron chi connectivity index (χ3n) is 3.38. The van der Waals surface area contributed by atoms with Gasteiger partial charge in [-0.2, -0.15) is 4.98 Å². The van der Waals surface area contributed by atoms with Crippen molar-refractivity contribution in [2.24, 2.45) is 0 Å². The van der Waals surface area contributed by atoms with Gasteiger partial charge in [0.25, 0.3) is 0 Å². The van der Waals surface area contributed by atoms with E-state index < -0.39 is 0 Å². The van der Waals surface area contributed by atoms with Crippen molar-refractivity contribution in [1.29, 1.82) is 0 Å². The average Bonchev–Trinajstić information content (AvgIpc) is 2.51. The van der Waals surface area contributed by atoms with Crippen LogP contribution in [0.1, 0.15) is 45.4 Å². The molecule has 0 saturated heterocycles. The second kappa shape index (κ2) is 8.74. The number of nitrogens with one attached hydrogen (secondary N) is 1. The molecule has 1 aliphatic rings. The predicted octanol–water partition coefficient (Wildman–Crippen LogP) is 3.03. The van der Waals surface area contributed by atoms with Crippen molar-refractivity contribution in [3.05, 3.63) is 12.3 Å². The van der Waals surface area contributed by atoms with E-state index in [9.17, 15) is 0 Å². The number of ether oxygens (including phenoxy) is 2. The number of nitrogens with zero attached hydrogens (tertiary/aromatic N) is 2. The van der Waals surface area contributed by atoms with Gasteiger partial charge in [0, 0.05) is 18.8 Å². The van der Waals surface area contributed by atoms with Gasteiger partial charge in [0.15, 0.2) is 0 Å².